The van der Waals surface area contributed by atoms with E-state index in [-0.39, 0.29) is 82.0 Å². The molecule has 0 unspecified atom stereocenters. The number of pyridine rings is 2. The van der Waals surface area contributed by atoms with E-state index >= 15 is 0 Å². The van der Waals surface area contributed by atoms with E-state index in [4.69, 9.17) is 0 Å². The Kier molecular flexibility index (Phi) is 23.2. The fraction of sp³-hybridized carbons (Fsp3) is 0.500. The first-order chi connectivity index (χ1) is 22.7. The van der Waals surface area contributed by atoms with E-state index in [9.17, 15) is 44.4 Å². The molecule has 270 valence electrons. The second kappa shape index (κ2) is 25.2. The minimum absolute atomic E-state index is 0.0183. The number of nitrogens with zero attached hydrogens (tertiary/aromatic N) is 3. The molecule has 0 amide bonds. The number of aldehydes is 1. The summed E-state index contributed by atoms with van der Waals surface area (Å²) in [5.41, 5.74) is 1.29. The van der Waals surface area contributed by atoms with Gasteiger partial charge in [0.2, 0.25) is 0 Å². The Bertz CT molecular complexity index is 1240. The van der Waals surface area contributed by atoms with E-state index in [1.165, 1.54) is 46.8 Å². The Morgan fingerprint density at radius 1 is 0.750 bits per heavy atom. The SMILES string of the molecule is COC(=O)CCC(=O)Cc1ccc(C(F)F)cn1.COC(=O)CCC(=O)Cc1ccc(C=O)cn1.COCCN(CCOC)S(F)(F)F. The molecule has 48 heavy (non-hydrogen) atoms. The van der Waals surface area contributed by atoms with Gasteiger partial charge in [-0.2, -0.15) is 4.31 Å². The molecule has 2 aromatic heterocycles. The lowest BCUT2D eigenvalue weighted by Crippen LogP contribution is -2.28. The number of hydrogen-bond acceptors (Lipinski definition) is 12. The summed E-state index contributed by atoms with van der Waals surface area (Å²) in [6.07, 6.45) is 1.08. The first-order valence-electron chi connectivity index (χ1n) is 14.2. The zero-order valence-corrected chi connectivity index (χ0v) is 27.8. The molecule has 0 fully saturated rings. The molecule has 0 saturated carbocycles. The van der Waals surface area contributed by atoms with Crippen LogP contribution in [0.3, 0.4) is 0 Å². The fourth-order valence-corrected chi connectivity index (χ4v) is 3.82. The molecule has 0 bridgehead atoms. The van der Waals surface area contributed by atoms with Crippen molar-refractivity contribution in [2.45, 2.75) is 45.0 Å². The standard InChI is InChI=1S/C12H13F2NO3.C12H13NO4.C6H14F3NO2S/c1-18-11(17)5-4-10(16)6-9-3-2-8(7-15-9)12(13)14;1-17-12(16)5-4-11(15)6-10-3-2-9(8-14)7-13-10;1-11-5-3-10(4-6-12-2)13(7,8)9/h2-3,7,12H,4-6H2,1H3;2-3,7-8H,4-6H2,1H3;3-6H2,1-2H3. The first kappa shape index (κ1) is 44.1. The predicted molar refractivity (Wildman–Crippen MR) is 165 cm³/mol. The van der Waals surface area contributed by atoms with Crippen LogP contribution in [0.25, 0.3) is 0 Å². The van der Waals surface area contributed by atoms with Crippen molar-refractivity contribution >= 4 is 41.2 Å². The van der Waals surface area contributed by atoms with Crippen molar-refractivity contribution in [1.82, 2.24) is 14.3 Å². The Morgan fingerprint density at radius 2 is 1.21 bits per heavy atom. The van der Waals surface area contributed by atoms with E-state index in [2.05, 4.69) is 28.9 Å². The first-order valence-corrected chi connectivity index (χ1v) is 15.4. The third-order valence-electron chi connectivity index (χ3n) is 5.89. The molecule has 12 nitrogen and oxygen atoms in total. The van der Waals surface area contributed by atoms with Crippen LogP contribution in [0.4, 0.5) is 20.4 Å². The number of methoxy groups -OCH3 is 4. The third kappa shape index (κ3) is 21.1. The highest BCUT2D eigenvalue weighted by Crippen LogP contribution is 2.56. The van der Waals surface area contributed by atoms with Gasteiger partial charge in [0, 0.05) is 87.9 Å². The maximum absolute atomic E-state index is 12.3. The summed E-state index contributed by atoms with van der Waals surface area (Å²) in [6, 6.07) is 5.85. The van der Waals surface area contributed by atoms with Crippen LogP contribution in [0.15, 0.2) is 36.7 Å². The summed E-state index contributed by atoms with van der Waals surface area (Å²) < 4.78 is 79.7. The largest absolute Gasteiger partial charge is 0.469 e. The average Bonchev–Trinajstić information content (AvgIpc) is 3.06. The highest BCUT2D eigenvalue weighted by molar-refractivity contribution is 8.18. The maximum Gasteiger partial charge on any atom is 0.305 e. The van der Waals surface area contributed by atoms with Gasteiger partial charge in [-0.15, -0.1) is 11.7 Å². The minimum atomic E-state index is -5.14. The number of hydrogen-bond donors (Lipinski definition) is 0. The number of aromatic nitrogens is 2. The van der Waals surface area contributed by atoms with Crippen LogP contribution in [-0.4, -0.2) is 98.8 Å². The monoisotopic (exact) mass is 713 g/mol. The Balaban J connectivity index is 0.000000701. The zero-order valence-electron chi connectivity index (χ0n) is 27.0. The average molecular weight is 714 g/mol. The molecular formula is C30H40F5N3O9S. The van der Waals surface area contributed by atoms with Gasteiger partial charge in [-0.05, 0) is 24.3 Å². The van der Waals surface area contributed by atoms with Crippen LogP contribution in [0.5, 0.6) is 0 Å². The van der Waals surface area contributed by atoms with E-state index in [1.807, 2.05) is 0 Å². The molecule has 18 heteroatoms. The molecular weight excluding hydrogens is 673 g/mol. The van der Waals surface area contributed by atoms with Crippen molar-refractivity contribution in [3.63, 3.8) is 0 Å². The summed E-state index contributed by atoms with van der Waals surface area (Å²) >= 11 is -5.14. The van der Waals surface area contributed by atoms with Crippen molar-refractivity contribution in [3.8, 4) is 0 Å². The van der Waals surface area contributed by atoms with Crippen molar-refractivity contribution in [1.29, 1.82) is 0 Å². The second-order valence-electron chi connectivity index (χ2n) is 9.46. The molecule has 0 atom stereocenters. The van der Waals surface area contributed by atoms with Crippen molar-refractivity contribution in [2.24, 2.45) is 0 Å². The van der Waals surface area contributed by atoms with Gasteiger partial charge in [-0.3, -0.25) is 33.9 Å². The van der Waals surface area contributed by atoms with Crippen molar-refractivity contribution < 1.29 is 63.4 Å². The number of ether oxygens (including phenoxy) is 4. The normalized spacial score (nSPS) is 11.1. The Hall–Kier alpha value is -3.87. The number of rotatable bonds is 19. The quantitative estimate of drug-likeness (QED) is 0.110. The summed E-state index contributed by atoms with van der Waals surface area (Å²) in [4.78, 5) is 62.7. The molecule has 0 aliphatic rings. The molecule has 0 saturated heterocycles. The van der Waals surface area contributed by atoms with Gasteiger partial charge >= 0.3 is 11.9 Å². The number of halogens is 5. The summed E-state index contributed by atoms with van der Waals surface area (Å²) in [5.74, 6) is -1.12. The van der Waals surface area contributed by atoms with E-state index in [1.54, 1.807) is 12.1 Å². The topological polar surface area (TPSA) is 151 Å². The van der Waals surface area contributed by atoms with E-state index < -0.39 is 29.7 Å². The molecule has 0 N–H and O–H groups in total. The van der Waals surface area contributed by atoms with Gasteiger partial charge in [-0.25, -0.2) is 8.78 Å². The van der Waals surface area contributed by atoms with Gasteiger partial charge in [-0.1, -0.05) is 0 Å². The molecule has 0 radical (unpaired) electrons. The van der Waals surface area contributed by atoms with Crippen LogP contribution >= 0.6 is 11.4 Å². The third-order valence-corrected chi connectivity index (χ3v) is 6.84. The number of Topliss-reactive ketones (excluding diaryl/α,β-unsaturated/α-hetero) is 2. The van der Waals surface area contributed by atoms with Gasteiger partial charge in [0.05, 0.1) is 40.3 Å². The molecule has 0 aliphatic carbocycles. The molecule has 0 aliphatic heterocycles. The highest BCUT2D eigenvalue weighted by atomic mass is 32.3. The van der Waals surface area contributed by atoms with Gasteiger partial charge < -0.3 is 18.9 Å². The maximum atomic E-state index is 12.3. The number of alkyl halides is 2. The Morgan fingerprint density at radius 3 is 1.52 bits per heavy atom. The predicted octanol–water partition coefficient (Wildman–Crippen LogP) is 5.00. The van der Waals surface area contributed by atoms with Crippen LogP contribution in [0.2, 0.25) is 0 Å². The number of carbonyl (C=O) groups is 5. The van der Waals surface area contributed by atoms with E-state index in [0.29, 0.717) is 27.5 Å². The lowest BCUT2D eigenvalue weighted by molar-refractivity contribution is -0.142. The zero-order chi connectivity index (χ0) is 36.5. The lowest BCUT2D eigenvalue weighted by Gasteiger charge is -2.26. The summed E-state index contributed by atoms with van der Waals surface area (Å²) in [5, 5.41) is 0. The second-order valence-corrected chi connectivity index (χ2v) is 10.7. The van der Waals surface area contributed by atoms with Crippen LogP contribution in [0, 0.1) is 0 Å². The number of esters is 2. The minimum Gasteiger partial charge on any atom is -0.469 e. The van der Waals surface area contributed by atoms with Gasteiger partial charge in [0.25, 0.3) is 17.8 Å². The summed E-state index contributed by atoms with van der Waals surface area (Å²) in [6.45, 7) is -0.0934. The molecule has 2 heterocycles. The van der Waals surface area contributed by atoms with Crippen LogP contribution < -0.4 is 0 Å². The molecule has 2 aromatic rings. The number of ketones is 2. The Labute approximate surface area is 277 Å². The molecule has 0 aromatic carbocycles. The lowest BCUT2D eigenvalue weighted by atomic mass is 10.1. The van der Waals surface area contributed by atoms with Crippen LogP contribution in [-0.2, 0) is 51.0 Å². The molecule has 2 rings (SSSR count). The fourth-order valence-electron chi connectivity index (χ4n) is 3.25. The van der Waals surface area contributed by atoms with Crippen LogP contribution in [0.1, 0.15) is 59.4 Å². The smallest absolute Gasteiger partial charge is 0.305 e. The molecule has 0 spiro atoms. The number of carbonyl (C=O) groups excluding carboxylic acids is 5. The van der Waals surface area contributed by atoms with Crippen molar-refractivity contribution in [2.75, 3.05) is 54.7 Å². The van der Waals surface area contributed by atoms with Crippen molar-refractivity contribution in [3.05, 3.63) is 59.2 Å². The van der Waals surface area contributed by atoms with E-state index in [0.717, 1.165) is 6.20 Å². The van der Waals surface area contributed by atoms with Gasteiger partial charge in [0.15, 0.2) is 6.29 Å². The summed E-state index contributed by atoms with van der Waals surface area (Å²) in [7, 11) is 5.28. The van der Waals surface area contributed by atoms with Gasteiger partial charge in [0.1, 0.15) is 11.6 Å². The highest BCUT2D eigenvalue weighted by Gasteiger charge is 2.30.